The highest BCUT2D eigenvalue weighted by Crippen LogP contribution is 2.26. The van der Waals surface area contributed by atoms with Crippen LogP contribution in [0.1, 0.15) is 16.1 Å². The number of nitrogens with one attached hydrogen (secondary N) is 1. The maximum Gasteiger partial charge on any atom is 0.256 e. The molecular weight excluding hydrogens is 336 g/mol. The van der Waals surface area contributed by atoms with Gasteiger partial charge in [0.15, 0.2) is 5.76 Å². The summed E-state index contributed by atoms with van der Waals surface area (Å²) in [5.74, 6) is 1.08. The number of aryl methyl sites for hydroxylation is 1. The Morgan fingerprint density at radius 3 is 2.80 bits per heavy atom. The van der Waals surface area contributed by atoms with Crippen LogP contribution in [0.5, 0.6) is 0 Å². The number of benzene rings is 1. The van der Waals surface area contributed by atoms with Crippen LogP contribution in [0.4, 0.5) is 5.82 Å². The molecule has 6 nitrogen and oxygen atoms in total. The maximum atomic E-state index is 12.4. The number of nitrogens with zero attached hydrogens (tertiary/aromatic N) is 3. The molecule has 0 saturated heterocycles. The van der Waals surface area contributed by atoms with Crippen molar-refractivity contribution in [3.8, 4) is 16.6 Å². The Bertz CT molecular complexity index is 1000. The summed E-state index contributed by atoms with van der Waals surface area (Å²) in [6, 6.07) is 14.5. The van der Waals surface area contributed by atoms with Gasteiger partial charge in [0, 0.05) is 17.0 Å². The van der Waals surface area contributed by atoms with E-state index in [1.807, 2.05) is 48.7 Å². The first-order valence-corrected chi connectivity index (χ1v) is 8.51. The number of hydrogen-bond acceptors (Lipinski definition) is 5. The second kappa shape index (κ2) is 6.37. The molecule has 7 heteroatoms. The number of amides is 1. The minimum Gasteiger partial charge on any atom is -0.463 e. The lowest BCUT2D eigenvalue weighted by molar-refractivity contribution is 0.102. The Kier molecular flexibility index (Phi) is 3.91. The van der Waals surface area contributed by atoms with Crippen LogP contribution in [0.25, 0.3) is 16.6 Å². The highest BCUT2D eigenvalue weighted by Gasteiger charge is 2.15. The highest BCUT2D eigenvalue weighted by molar-refractivity contribution is 7.12. The van der Waals surface area contributed by atoms with Gasteiger partial charge in [0.1, 0.15) is 11.5 Å². The summed E-state index contributed by atoms with van der Waals surface area (Å²) in [7, 11) is 0. The topological polar surface area (TPSA) is 73.0 Å². The van der Waals surface area contributed by atoms with Crippen molar-refractivity contribution in [2.75, 3.05) is 5.32 Å². The summed E-state index contributed by atoms with van der Waals surface area (Å²) in [4.78, 5) is 17.0. The molecule has 0 atom stereocenters. The van der Waals surface area contributed by atoms with Gasteiger partial charge in [0.2, 0.25) is 5.13 Å². The molecule has 1 aromatic carbocycles. The number of thiazole rings is 1. The second-order valence-corrected chi connectivity index (χ2v) is 6.23. The van der Waals surface area contributed by atoms with E-state index in [9.17, 15) is 4.79 Å². The van der Waals surface area contributed by atoms with Crippen LogP contribution in [-0.2, 0) is 0 Å². The van der Waals surface area contributed by atoms with Crippen LogP contribution >= 0.6 is 11.3 Å². The summed E-state index contributed by atoms with van der Waals surface area (Å²) >= 11 is 1.43. The zero-order chi connectivity index (χ0) is 17.2. The SMILES string of the molecule is Cc1cc(NC(=O)c2ccccc2)n(-c2nc(-c3ccco3)cs2)n1. The number of carbonyl (C=O) groups is 1. The highest BCUT2D eigenvalue weighted by atomic mass is 32.1. The van der Waals surface area contributed by atoms with Crippen LogP contribution in [0, 0.1) is 6.92 Å². The first-order valence-electron chi connectivity index (χ1n) is 7.63. The molecule has 4 aromatic rings. The third-order valence-electron chi connectivity index (χ3n) is 3.56. The molecule has 0 aliphatic carbocycles. The zero-order valence-electron chi connectivity index (χ0n) is 13.3. The van der Waals surface area contributed by atoms with Crippen molar-refractivity contribution >= 4 is 23.1 Å². The standard InChI is InChI=1S/C18H14N4O2S/c1-12-10-16(20-17(23)13-6-3-2-4-7-13)22(21-12)18-19-14(11-25-18)15-8-5-9-24-15/h2-11H,1H3,(H,20,23). The molecule has 3 aromatic heterocycles. The van der Waals surface area contributed by atoms with Gasteiger partial charge in [0.25, 0.3) is 5.91 Å². The average Bonchev–Trinajstić information content (AvgIpc) is 3.35. The minimum atomic E-state index is -0.190. The molecule has 4 rings (SSSR count). The van der Waals surface area contributed by atoms with Crippen molar-refractivity contribution in [1.82, 2.24) is 14.8 Å². The molecule has 0 spiro atoms. The number of furan rings is 1. The summed E-state index contributed by atoms with van der Waals surface area (Å²) in [6.45, 7) is 1.87. The molecule has 0 aliphatic rings. The van der Waals surface area contributed by atoms with Crippen molar-refractivity contribution in [3.05, 3.63) is 71.4 Å². The predicted molar refractivity (Wildman–Crippen MR) is 96.1 cm³/mol. The van der Waals surface area contributed by atoms with Crippen molar-refractivity contribution in [2.24, 2.45) is 0 Å². The van der Waals surface area contributed by atoms with E-state index in [1.165, 1.54) is 11.3 Å². The molecule has 25 heavy (non-hydrogen) atoms. The largest absolute Gasteiger partial charge is 0.463 e. The van der Waals surface area contributed by atoms with Gasteiger partial charge in [-0.05, 0) is 31.2 Å². The Morgan fingerprint density at radius 2 is 2.04 bits per heavy atom. The van der Waals surface area contributed by atoms with Crippen LogP contribution in [-0.4, -0.2) is 20.7 Å². The van der Waals surface area contributed by atoms with Crippen molar-refractivity contribution in [1.29, 1.82) is 0 Å². The normalized spacial score (nSPS) is 10.8. The van der Waals surface area contributed by atoms with Gasteiger partial charge in [-0.15, -0.1) is 11.3 Å². The van der Waals surface area contributed by atoms with Gasteiger partial charge in [-0.3, -0.25) is 4.79 Å². The summed E-state index contributed by atoms with van der Waals surface area (Å²) in [5.41, 5.74) is 2.11. The third-order valence-corrected chi connectivity index (χ3v) is 4.37. The van der Waals surface area contributed by atoms with E-state index in [0.717, 1.165) is 11.4 Å². The van der Waals surface area contributed by atoms with Crippen LogP contribution in [0.15, 0.2) is 64.6 Å². The quantitative estimate of drug-likeness (QED) is 0.600. The van der Waals surface area contributed by atoms with E-state index >= 15 is 0 Å². The molecule has 0 radical (unpaired) electrons. The Balaban J connectivity index is 1.64. The monoisotopic (exact) mass is 350 g/mol. The van der Waals surface area contributed by atoms with E-state index in [4.69, 9.17) is 4.42 Å². The molecule has 3 heterocycles. The van der Waals surface area contributed by atoms with Gasteiger partial charge in [-0.2, -0.15) is 9.78 Å². The fourth-order valence-corrected chi connectivity index (χ4v) is 3.19. The smallest absolute Gasteiger partial charge is 0.256 e. The van der Waals surface area contributed by atoms with Crippen LogP contribution < -0.4 is 5.32 Å². The summed E-state index contributed by atoms with van der Waals surface area (Å²) in [5, 5.41) is 9.89. The molecular formula is C18H14N4O2S. The summed E-state index contributed by atoms with van der Waals surface area (Å²) < 4.78 is 7.00. The number of rotatable bonds is 4. The second-order valence-electron chi connectivity index (χ2n) is 5.40. The fourth-order valence-electron chi connectivity index (χ4n) is 2.41. The number of hydrogen-bond donors (Lipinski definition) is 1. The third kappa shape index (κ3) is 3.09. The molecule has 0 saturated carbocycles. The molecule has 0 fully saturated rings. The minimum absolute atomic E-state index is 0.190. The van der Waals surface area contributed by atoms with Gasteiger partial charge in [0.05, 0.1) is 12.0 Å². The van der Waals surface area contributed by atoms with Gasteiger partial charge >= 0.3 is 0 Å². The van der Waals surface area contributed by atoms with E-state index in [-0.39, 0.29) is 5.91 Å². The lowest BCUT2D eigenvalue weighted by Gasteiger charge is -2.06. The molecule has 0 unspecified atom stereocenters. The Labute approximate surface area is 147 Å². The molecule has 1 amide bonds. The molecule has 0 aliphatic heterocycles. The van der Waals surface area contributed by atoms with E-state index < -0.39 is 0 Å². The average molecular weight is 350 g/mol. The zero-order valence-corrected chi connectivity index (χ0v) is 14.2. The Hall–Kier alpha value is -3.19. The predicted octanol–water partition coefficient (Wildman–Crippen LogP) is 4.15. The van der Waals surface area contributed by atoms with Crippen molar-refractivity contribution in [3.63, 3.8) is 0 Å². The maximum absolute atomic E-state index is 12.4. The van der Waals surface area contributed by atoms with Crippen molar-refractivity contribution in [2.45, 2.75) is 6.92 Å². The lowest BCUT2D eigenvalue weighted by atomic mass is 10.2. The summed E-state index contributed by atoms with van der Waals surface area (Å²) in [6.07, 6.45) is 1.61. The van der Waals surface area contributed by atoms with Gasteiger partial charge in [-0.1, -0.05) is 18.2 Å². The molecule has 124 valence electrons. The van der Waals surface area contributed by atoms with Crippen molar-refractivity contribution < 1.29 is 9.21 Å². The van der Waals surface area contributed by atoms with Gasteiger partial charge < -0.3 is 9.73 Å². The fraction of sp³-hybridized carbons (Fsp3) is 0.0556. The Morgan fingerprint density at radius 1 is 1.20 bits per heavy atom. The molecule has 0 bridgehead atoms. The first-order chi connectivity index (χ1) is 12.2. The molecule has 1 N–H and O–H groups in total. The van der Waals surface area contributed by atoms with Gasteiger partial charge in [-0.25, -0.2) is 4.98 Å². The lowest BCUT2D eigenvalue weighted by Crippen LogP contribution is -2.14. The van der Waals surface area contributed by atoms with E-state index in [1.54, 1.807) is 23.1 Å². The number of aromatic nitrogens is 3. The first kappa shape index (κ1) is 15.3. The van der Waals surface area contributed by atoms with Crippen LogP contribution in [0.3, 0.4) is 0 Å². The van der Waals surface area contributed by atoms with E-state index in [2.05, 4.69) is 15.4 Å². The van der Waals surface area contributed by atoms with E-state index in [0.29, 0.717) is 22.3 Å². The van der Waals surface area contributed by atoms with Crippen LogP contribution in [0.2, 0.25) is 0 Å². The number of anilines is 1. The number of carbonyl (C=O) groups excluding carboxylic acids is 1.